The monoisotopic (exact) mass is 317 g/mol. The topological polar surface area (TPSA) is 12.5 Å². The number of rotatable bonds is 7. The molecule has 118 valence electrons. The van der Waals surface area contributed by atoms with Crippen LogP contribution in [0.25, 0.3) is 0 Å². The molecule has 0 saturated carbocycles. The highest BCUT2D eigenvalue weighted by atomic mass is 35.5. The SMILES string of the molecule is CCC(OCCN(C)C)(c1ccccc1)c1ccc(Cl)cc1. The van der Waals surface area contributed by atoms with E-state index in [0.717, 1.165) is 23.6 Å². The molecule has 1 atom stereocenters. The number of nitrogens with zero attached hydrogens (tertiary/aromatic N) is 1. The van der Waals surface area contributed by atoms with Crippen molar-refractivity contribution in [3.05, 3.63) is 70.7 Å². The molecule has 22 heavy (non-hydrogen) atoms. The third-order valence-electron chi connectivity index (χ3n) is 3.94. The smallest absolute Gasteiger partial charge is 0.118 e. The van der Waals surface area contributed by atoms with Crippen molar-refractivity contribution in [2.75, 3.05) is 27.2 Å². The molecule has 0 heterocycles. The van der Waals surface area contributed by atoms with Crippen LogP contribution in [0.3, 0.4) is 0 Å². The fourth-order valence-electron chi connectivity index (χ4n) is 2.67. The molecule has 0 aliphatic heterocycles. The Bertz CT molecular complexity index is 568. The van der Waals surface area contributed by atoms with E-state index in [1.165, 1.54) is 5.56 Å². The van der Waals surface area contributed by atoms with Gasteiger partial charge in [0.25, 0.3) is 0 Å². The molecule has 1 unspecified atom stereocenters. The zero-order chi connectivity index (χ0) is 16.0. The normalized spacial score (nSPS) is 14.0. The van der Waals surface area contributed by atoms with Crippen molar-refractivity contribution in [3.8, 4) is 0 Å². The van der Waals surface area contributed by atoms with Crippen LogP contribution in [0.4, 0.5) is 0 Å². The first-order valence-corrected chi connectivity index (χ1v) is 8.06. The van der Waals surface area contributed by atoms with Crippen LogP contribution in [0.5, 0.6) is 0 Å². The Balaban J connectivity index is 2.39. The maximum absolute atomic E-state index is 6.42. The molecule has 0 radical (unpaired) electrons. The second-order valence-electron chi connectivity index (χ2n) is 5.71. The molecule has 2 aromatic rings. The van der Waals surface area contributed by atoms with E-state index in [-0.39, 0.29) is 0 Å². The van der Waals surface area contributed by atoms with Gasteiger partial charge in [-0.3, -0.25) is 0 Å². The lowest BCUT2D eigenvalue weighted by Crippen LogP contribution is -2.33. The number of benzene rings is 2. The van der Waals surface area contributed by atoms with Crippen molar-refractivity contribution in [1.82, 2.24) is 4.90 Å². The molecule has 2 aromatic carbocycles. The van der Waals surface area contributed by atoms with E-state index in [2.05, 4.69) is 62.3 Å². The highest BCUT2D eigenvalue weighted by molar-refractivity contribution is 6.30. The van der Waals surface area contributed by atoms with Gasteiger partial charge in [0, 0.05) is 11.6 Å². The van der Waals surface area contributed by atoms with Crippen LogP contribution < -0.4 is 0 Å². The second-order valence-corrected chi connectivity index (χ2v) is 6.14. The molecule has 0 N–H and O–H groups in total. The molecule has 0 aliphatic rings. The molecular formula is C19H24ClNO. The fraction of sp³-hybridized carbons (Fsp3) is 0.368. The van der Waals surface area contributed by atoms with Crippen molar-refractivity contribution in [1.29, 1.82) is 0 Å². The van der Waals surface area contributed by atoms with Gasteiger partial charge in [0.05, 0.1) is 6.61 Å². The lowest BCUT2D eigenvalue weighted by Gasteiger charge is -2.35. The van der Waals surface area contributed by atoms with Crippen LogP contribution in [-0.4, -0.2) is 32.1 Å². The third-order valence-corrected chi connectivity index (χ3v) is 4.19. The molecule has 0 fully saturated rings. The average Bonchev–Trinajstić information content (AvgIpc) is 2.53. The Morgan fingerprint density at radius 3 is 2.09 bits per heavy atom. The molecule has 0 amide bonds. The zero-order valence-corrected chi connectivity index (χ0v) is 14.3. The van der Waals surface area contributed by atoms with Crippen LogP contribution in [0.2, 0.25) is 5.02 Å². The van der Waals surface area contributed by atoms with Crippen molar-refractivity contribution in [2.24, 2.45) is 0 Å². The molecule has 0 aromatic heterocycles. The standard InChI is InChI=1S/C19H24ClNO/c1-4-19(22-15-14-21(2)3,16-8-6-5-7-9-16)17-10-12-18(20)13-11-17/h5-13H,4,14-15H2,1-3H3. The van der Waals surface area contributed by atoms with Crippen LogP contribution >= 0.6 is 11.6 Å². The van der Waals surface area contributed by atoms with Crippen LogP contribution in [0.1, 0.15) is 24.5 Å². The maximum Gasteiger partial charge on any atom is 0.118 e. The van der Waals surface area contributed by atoms with Gasteiger partial charge >= 0.3 is 0 Å². The number of hydrogen-bond donors (Lipinski definition) is 0. The van der Waals surface area contributed by atoms with E-state index in [0.29, 0.717) is 6.61 Å². The molecule has 2 nitrogen and oxygen atoms in total. The summed E-state index contributed by atoms with van der Waals surface area (Å²) in [6.45, 7) is 3.73. The van der Waals surface area contributed by atoms with Crippen molar-refractivity contribution < 1.29 is 4.74 Å². The van der Waals surface area contributed by atoms with Crippen molar-refractivity contribution in [3.63, 3.8) is 0 Å². The Hall–Kier alpha value is -1.35. The molecule has 3 heteroatoms. The van der Waals surface area contributed by atoms with Gasteiger partial charge in [-0.2, -0.15) is 0 Å². The predicted octanol–water partition coefficient (Wildman–Crippen LogP) is 4.57. The lowest BCUT2D eigenvalue weighted by molar-refractivity contribution is -0.0267. The Kier molecular flexibility index (Phi) is 6.01. The van der Waals surface area contributed by atoms with Gasteiger partial charge in [-0.25, -0.2) is 0 Å². The number of ether oxygens (including phenoxy) is 1. The Labute approximate surface area is 138 Å². The summed E-state index contributed by atoms with van der Waals surface area (Å²) >= 11 is 6.05. The summed E-state index contributed by atoms with van der Waals surface area (Å²) in [5.41, 5.74) is 1.89. The third kappa shape index (κ3) is 3.89. The number of halogens is 1. The average molecular weight is 318 g/mol. The Morgan fingerprint density at radius 1 is 0.955 bits per heavy atom. The van der Waals surface area contributed by atoms with Gasteiger partial charge in [-0.15, -0.1) is 0 Å². The summed E-state index contributed by atoms with van der Waals surface area (Å²) in [4.78, 5) is 2.13. The summed E-state index contributed by atoms with van der Waals surface area (Å²) < 4.78 is 6.42. The number of likely N-dealkylation sites (N-methyl/N-ethyl adjacent to an activating group) is 1. The highest BCUT2D eigenvalue weighted by Gasteiger charge is 2.33. The Morgan fingerprint density at radius 2 is 1.55 bits per heavy atom. The quantitative estimate of drug-likeness (QED) is 0.741. The van der Waals surface area contributed by atoms with Gasteiger partial charge in [-0.1, -0.05) is 61.0 Å². The first kappa shape index (κ1) is 17.0. The van der Waals surface area contributed by atoms with E-state index in [1.807, 2.05) is 18.2 Å². The largest absolute Gasteiger partial charge is 0.364 e. The minimum atomic E-state index is -0.429. The predicted molar refractivity (Wildman–Crippen MR) is 93.5 cm³/mol. The molecule has 2 rings (SSSR count). The van der Waals surface area contributed by atoms with Crippen LogP contribution in [0.15, 0.2) is 54.6 Å². The van der Waals surface area contributed by atoms with E-state index in [4.69, 9.17) is 16.3 Å². The fourth-order valence-corrected chi connectivity index (χ4v) is 2.80. The molecular weight excluding hydrogens is 294 g/mol. The summed E-state index contributed by atoms with van der Waals surface area (Å²) in [5, 5.41) is 0.745. The first-order chi connectivity index (χ1) is 10.6. The highest BCUT2D eigenvalue weighted by Crippen LogP contribution is 2.37. The molecule has 0 bridgehead atoms. The minimum absolute atomic E-state index is 0.429. The second kappa shape index (κ2) is 7.77. The summed E-state index contributed by atoms with van der Waals surface area (Å²) in [5.74, 6) is 0. The van der Waals surface area contributed by atoms with Gasteiger partial charge in [0.1, 0.15) is 5.60 Å². The molecule has 0 spiro atoms. The van der Waals surface area contributed by atoms with Crippen LogP contribution in [0, 0.1) is 0 Å². The van der Waals surface area contributed by atoms with Gasteiger partial charge in [0.15, 0.2) is 0 Å². The lowest BCUT2D eigenvalue weighted by atomic mass is 9.84. The van der Waals surface area contributed by atoms with E-state index >= 15 is 0 Å². The maximum atomic E-state index is 6.42. The van der Waals surface area contributed by atoms with Gasteiger partial charge in [0.2, 0.25) is 0 Å². The summed E-state index contributed by atoms with van der Waals surface area (Å²) in [6.07, 6.45) is 0.867. The summed E-state index contributed by atoms with van der Waals surface area (Å²) in [7, 11) is 4.11. The number of hydrogen-bond acceptors (Lipinski definition) is 2. The summed E-state index contributed by atoms with van der Waals surface area (Å²) in [6, 6.07) is 18.4. The molecule has 0 aliphatic carbocycles. The first-order valence-electron chi connectivity index (χ1n) is 7.69. The zero-order valence-electron chi connectivity index (χ0n) is 13.6. The van der Waals surface area contributed by atoms with Crippen molar-refractivity contribution in [2.45, 2.75) is 18.9 Å². The van der Waals surface area contributed by atoms with E-state index in [1.54, 1.807) is 0 Å². The van der Waals surface area contributed by atoms with E-state index in [9.17, 15) is 0 Å². The van der Waals surface area contributed by atoms with Crippen molar-refractivity contribution >= 4 is 11.6 Å². The van der Waals surface area contributed by atoms with Crippen LogP contribution in [-0.2, 0) is 10.3 Å². The van der Waals surface area contributed by atoms with Gasteiger partial charge in [-0.05, 0) is 43.8 Å². The minimum Gasteiger partial charge on any atom is -0.364 e. The van der Waals surface area contributed by atoms with Gasteiger partial charge < -0.3 is 9.64 Å². The van der Waals surface area contributed by atoms with E-state index < -0.39 is 5.60 Å². The molecule has 0 saturated heterocycles.